The predicted molar refractivity (Wildman–Crippen MR) is 112 cm³/mol. The summed E-state index contributed by atoms with van der Waals surface area (Å²) < 4.78 is 2.39. The Hall–Kier alpha value is -3.47. The van der Waals surface area contributed by atoms with Crippen molar-refractivity contribution < 1.29 is 0 Å². The number of aromatic amines is 1. The number of aromatic nitrogens is 5. The summed E-state index contributed by atoms with van der Waals surface area (Å²) in [5.41, 5.74) is 8.65. The molecule has 5 rings (SSSR count). The van der Waals surface area contributed by atoms with Gasteiger partial charge in [0.1, 0.15) is 0 Å². The summed E-state index contributed by atoms with van der Waals surface area (Å²) in [5.74, 6) is 0.618. The average Bonchev–Trinajstić information content (AvgIpc) is 3.31. The van der Waals surface area contributed by atoms with Gasteiger partial charge in [0.2, 0.25) is 5.82 Å². The fourth-order valence-corrected chi connectivity index (χ4v) is 4.35. The first-order valence-corrected chi connectivity index (χ1v) is 9.44. The van der Waals surface area contributed by atoms with Crippen LogP contribution >= 0.6 is 0 Å². The Morgan fingerprint density at radius 3 is 2.39 bits per heavy atom. The maximum atomic E-state index is 4.24. The largest absolute Gasteiger partial charge is 0.335 e. The lowest BCUT2D eigenvalue weighted by Gasteiger charge is -2.15. The quantitative estimate of drug-likeness (QED) is 0.491. The van der Waals surface area contributed by atoms with E-state index in [1.54, 1.807) is 0 Å². The zero-order chi connectivity index (χ0) is 19.3. The molecule has 2 aromatic heterocycles. The molecule has 0 fully saturated rings. The first-order valence-electron chi connectivity index (χ1n) is 9.44. The number of aryl methyl sites for hydroxylation is 3. The van der Waals surface area contributed by atoms with Crippen molar-refractivity contribution >= 4 is 21.8 Å². The van der Waals surface area contributed by atoms with E-state index >= 15 is 0 Å². The molecule has 0 saturated carbocycles. The standard InChI is InChI=1S/C23H21N5/c1-14-11-15(2)20(16(3)12-14)13-28-21-10-5-4-7-17(21)18-8-6-9-19(22(18)28)23-24-26-27-25-23/h4-12H,13H2,1-3H3,(H,24,25,26,27). The van der Waals surface area contributed by atoms with Crippen LogP contribution in [0.25, 0.3) is 33.2 Å². The first-order chi connectivity index (χ1) is 13.6. The Kier molecular flexibility index (Phi) is 3.76. The fourth-order valence-electron chi connectivity index (χ4n) is 4.35. The number of H-pyrrole nitrogens is 1. The second kappa shape index (κ2) is 6.30. The van der Waals surface area contributed by atoms with Gasteiger partial charge in [0, 0.05) is 28.4 Å². The van der Waals surface area contributed by atoms with Crippen LogP contribution in [0.15, 0.2) is 54.6 Å². The maximum absolute atomic E-state index is 4.24. The van der Waals surface area contributed by atoms with E-state index in [0.29, 0.717) is 5.82 Å². The Labute approximate surface area is 163 Å². The molecule has 5 heteroatoms. The highest BCUT2D eigenvalue weighted by Gasteiger charge is 2.18. The molecular weight excluding hydrogens is 346 g/mol. The van der Waals surface area contributed by atoms with E-state index in [1.807, 2.05) is 0 Å². The minimum Gasteiger partial charge on any atom is -0.335 e. The number of fused-ring (bicyclic) bond motifs is 3. The van der Waals surface area contributed by atoms with Gasteiger partial charge in [-0.2, -0.15) is 5.21 Å². The monoisotopic (exact) mass is 367 g/mol. The summed E-state index contributed by atoms with van der Waals surface area (Å²) in [5, 5.41) is 17.3. The van der Waals surface area contributed by atoms with Gasteiger partial charge in [-0.15, -0.1) is 10.2 Å². The summed E-state index contributed by atoms with van der Waals surface area (Å²) in [4.78, 5) is 0. The molecule has 0 radical (unpaired) electrons. The summed E-state index contributed by atoms with van der Waals surface area (Å²) >= 11 is 0. The maximum Gasteiger partial charge on any atom is 0.206 e. The third-order valence-corrected chi connectivity index (χ3v) is 5.53. The van der Waals surface area contributed by atoms with Crippen LogP contribution in [-0.2, 0) is 6.54 Å². The van der Waals surface area contributed by atoms with E-state index in [2.05, 4.69) is 101 Å². The molecule has 5 aromatic rings. The minimum absolute atomic E-state index is 0.618. The highest BCUT2D eigenvalue weighted by molar-refractivity contribution is 6.12. The number of rotatable bonds is 3. The third-order valence-electron chi connectivity index (χ3n) is 5.53. The third kappa shape index (κ3) is 2.51. The SMILES string of the molecule is Cc1cc(C)c(Cn2c3ccccc3c3cccc(-c4nn[nH]n4)c32)c(C)c1. The van der Waals surface area contributed by atoms with Crippen LogP contribution in [0.3, 0.4) is 0 Å². The topological polar surface area (TPSA) is 59.4 Å². The van der Waals surface area contributed by atoms with Crippen LogP contribution in [0.2, 0.25) is 0 Å². The molecule has 0 atom stereocenters. The summed E-state index contributed by atoms with van der Waals surface area (Å²) in [7, 11) is 0. The second-order valence-electron chi connectivity index (χ2n) is 7.42. The van der Waals surface area contributed by atoms with Gasteiger partial charge in [-0.1, -0.05) is 48.0 Å². The van der Waals surface area contributed by atoms with Crippen molar-refractivity contribution in [3.05, 3.63) is 76.9 Å². The van der Waals surface area contributed by atoms with Gasteiger partial charge in [-0.3, -0.25) is 0 Å². The number of hydrogen-bond donors (Lipinski definition) is 1. The smallest absolute Gasteiger partial charge is 0.206 e. The Bertz CT molecular complexity index is 1290. The van der Waals surface area contributed by atoms with Crippen LogP contribution in [0, 0.1) is 20.8 Å². The molecule has 5 nitrogen and oxygen atoms in total. The van der Waals surface area contributed by atoms with Crippen LogP contribution in [0.1, 0.15) is 22.3 Å². The zero-order valence-electron chi connectivity index (χ0n) is 16.2. The summed E-state index contributed by atoms with van der Waals surface area (Å²) in [6.45, 7) is 7.35. The molecule has 0 aliphatic rings. The van der Waals surface area contributed by atoms with E-state index in [4.69, 9.17) is 0 Å². The molecule has 3 aromatic carbocycles. The average molecular weight is 367 g/mol. The van der Waals surface area contributed by atoms with E-state index in [-0.39, 0.29) is 0 Å². The molecule has 0 unspecified atom stereocenters. The molecule has 0 bridgehead atoms. The van der Waals surface area contributed by atoms with Crippen molar-refractivity contribution in [2.45, 2.75) is 27.3 Å². The van der Waals surface area contributed by atoms with E-state index in [1.165, 1.54) is 38.5 Å². The number of tetrazole rings is 1. The molecule has 0 aliphatic carbocycles. The normalized spacial score (nSPS) is 11.5. The van der Waals surface area contributed by atoms with Crippen LogP contribution in [-0.4, -0.2) is 25.2 Å². The van der Waals surface area contributed by atoms with Gasteiger partial charge in [0.05, 0.1) is 5.52 Å². The summed E-state index contributed by atoms with van der Waals surface area (Å²) in [6.07, 6.45) is 0. The van der Waals surface area contributed by atoms with Gasteiger partial charge in [0.25, 0.3) is 0 Å². The van der Waals surface area contributed by atoms with E-state index in [9.17, 15) is 0 Å². The number of nitrogens with zero attached hydrogens (tertiary/aromatic N) is 4. The Balaban J connectivity index is 1.84. The molecule has 138 valence electrons. The van der Waals surface area contributed by atoms with Gasteiger partial charge < -0.3 is 4.57 Å². The van der Waals surface area contributed by atoms with Crippen molar-refractivity contribution in [1.82, 2.24) is 25.2 Å². The van der Waals surface area contributed by atoms with E-state index < -0.39 is 0 Å². The predicted octanol–water partition coefficient (Wildman–Crippen LogP) is 4.95. The first kappa shape index (κ1) is 16.7. The number of para-hydroxylation sites is 2. The van der Waals surface area contributed by atoms with E-state index in [0.717, 1.165) is 17.6 Å². The van der Waals surface area contributed by atoms with Gasteiger partial charge in [-0.05, 0) is 54.8 Å². The molecule has 28 heavy (non-hydrogen) atoms. The van der Waals surface area contributed by atoms with Crippen LogP contribution < -0.4 is 0 Å². The lowest BCUT2D eigenvalue weighted by molar-refractivity contribution is 0.852. The van der Waals surface area contributed by atoms with Crippen molar-refractivity contribution in [2.75, 3.05) is 0 Å². The fraction of sp³-hybridized carbons (Fsp3) is 0.174. The number of nitrogens with one attached hydrogen (secondary N) is 1. The second-order valence-corrected chi connectivity index (χ2v) is 7.42. The zero-order valence-corrected chi connectivity index (χ0v) is 16.2. The highest BCUT2D eigenvalue weighted by atomic mass is 15.5. The lowest BCUT2D eigenvalue weighted by Crippen LogP contribution is -2.05. The van der Waals surface area contributed by atoms with Crippen LogP contribution in [0.4, 0.5) is 0 Å². The van der Waals surface area contributed by atoms with Crippen molar-refractivity contribution in [3.63, 3.8) is 0 Å². The molecule has 2 heterocycles. The lowest BCUT2D eigenvalue weighted by atomic mass is 9.99. The molecule has 1 N–H and O–H groups in total. The summed E-state index contributed by atoms with van der Waals surface area (Å²) in [6, 6.07) is 19.4. The molecular formula is C23H21N5. The van der Waals surface area contributed by atoms with Crippen LogP contribution in [0.5, 0.6) is 0 Å². The molecule has 0 aliphatic heterocycles. The van der Waals surface area contributed by atoms with Gasteiger partial charge >= 0.3 is 0 Å². The van der Waals surface area contributed by atoms with Crippen molar-refractivity contribution in [2.24, 2.45) is 0 Å². The minimum atomic E-state index is 0.618. The highest BCUT2D eigenvalue weighted by Crippen LogP contribution is 2.35. The molecule has 0 spiro atoms. The molecule has 0 saturated heterocycles. The molecule has 0 amide bonds. The van der Waals surface area contributed by atoms with Gasteiger partial charge in [-0.25, -0.2) is 0 Å². The Morgan fingerprint density at radius 2 is 1.64 bits per heavy atom. The van der Waals surface area contributed by atoms with Crippen molar-refractivity contribution in [3.8, 4) is 11.4 Å². The van der Waals surface area contributed by atoms with Gasteiger partial charge in [0.15, 0.2) is 0 Å². The number of hydrogen-bond acceptors (Lipinski definition) is 3. The van der Waals surface area contributed by atoms with Crippen molar-refractivity contribution in [1.29, 1.82) is 0 Å². The Morgan fingerprint density at radius 1 is 0.893 bits per heavy atom. The number of benzene rings is 3.